The number of aryl methyl sites for hydroxylation is 1. The highest BCUT2D eigenvalue weighted by molar-refractivity contribution is 8.01. The number of hydrogen-bond donors (Lipinski definition) is 0. The third kappa shape index (κ3) is 6.79. The first kappa shape index (κ1) is 28.6. The van der Waals surface area contributed by atoms with Crippen molar-refractivity contribution in [2.75, 3.05) is 30.5 Å². The highest BCUT2D eigenvalue weighted by Crippen LogP contribution is 2.34. The second-order valence-corrected chi connectivity index (χ2v) is 11.9. The molecule has 0 spiro atoms. The Morgan fingerprint density at radius 3 is 2.45 bits per heavy atom. The molecule has 3 aliphatic rings. The summed E-state index contributed by atoms with van der Waals surface area (Å²) >= 11 is 1.93. The van der Waals surface area contributed by atoms with Crippen LogP contribution in [0.2, 0.25) is 0 Å². The number of benzene rings is 1. The van der Waals surface area contributed by atoms with Crippen LogP contribution in [0.1, 0.15) is 57.4 Å². The zero-order valence-corrected chi connectivity index (χ0v) is 22.7. The van der Waals surface area contributed by atoms with Crippen molar-refractivity contribution in [1.82, 2.24) is 14.8 Å². The molecule has 1 aromatic heterocycles. The van der Waals surface area contributed by atoms with E-state index in [1.165, 1.54) is 37.2 Å². The number of likely N-dealkylation sites (tertiary alicyclic amines) is 2. The smallest absolute Gasteiger partial charge is 0.278 e. The average Bonchev–Trinajstić information content (AvgIpc) is 3.35. The van der Waals surface area contributed by atoms with E-state index in [1.54, 1.807) is 6.20 Å². The summed E-state index contributed by atoms with van der Waals surface area (Å²) in [5, 5.41) is 8.13. The molecule has 5 rings (SSSR count). The maximum atomic E-state index is 12.9. The largest absolute Gasteiger partial charge is 0.310 e. The Labute approximate surface area is 230 Å². The summed E-state index contributed by atoms with van der Waals surface area (Å²) < 4.78 is 28.2. The van der Waals surface area contributed by atoms with Gasteiger partial charge >= 0.3 is 0 Å². The summed E-state index contributed by atoms with van der Waals surface area (Å²) in [5.41, 5.74) is 4.47. The van der Waals surface area contributed by atoms with E-state index in [4.69, 9.17) is 0 Å². The lowest BCUT2D eigenvalue weighted by atomic mass is 10.0. The molecule has 0 N–H and O–H groups in total. The van der Waals surface area contributed by atoms with Gasteiger partial charge in [0.1, 0.15) is 5.71 Å². The predicted molar refractivity (Wildman–Crippen MR) is 156 cm³/mol. The highest BCUT2D eigenvalue weighted by atomic mass is 32.2. The van der Waals surface area contributed by atoms with Crippen LogP contribution in [0.25, 0.3) is 0 Å². The molecule has 9 heteroatoms. The average molecular weight is 543 g/mol. The second kappa shape index (κ2) is 12.7. The summed E-state index contributed by atoms with van der Waals surface area (Å²) in [6, 6.07) is 13.9. The van der Waals surface area contributed by atoms with Crippen LogP contribution in [0.5, 0.6) is 0 Å². The molecule has 38 heavy (non-hydrogen) atoms. The Bertz CT molecular complexity index is 1120. The number of nitrogens with zero attached hydrogens (tertiary/aromatic N) is 6. The summed E-state index contributed by atoms with van der Waals surface area (Å²) in [6.07, 6.45) is 1.62. The van der Waals surface area contributed by atoms with Gasteiger partial charge in [-0.15, -0.1) is 0 Å². The molecule has 0 radical (unpaired) electrons. The van der Waals surface area contributed by atoms with Gasteiger partial charge in [0.2, 0.25) is 0 Å². The second-order valence-electron chi connectivity index (χ2n) is 10.6. The lowest BCUT2D eigenvalue weighted by molar-refractivity contribution is 0.00610. The van der Waals surface area contributed by atoms with Crippen molar-refractivity contribution >= 4 is 29.1 Å². The predicted octanol–water partition coefficient (Wildman–Crippen LogP) is 6.05. The molecule has 1 aromatic carbocycles. The van der Waals surface area contributed by atoms with Crippen LogP contribution < -0.4 is 4.31 Å². The third-order valence-corrected chi connectivity index (χ3v) is 8.91. The van der Waals surface area contributed by atoms with Crippen molar-refractivity contribution in [2.24, 2.45) is 10.2 Å². The molecule has 0 unspecified atom stereocenters. The fourth-order valence-electron chi connectivity index (χ4n) is 5.12. The number of pyridine rings is 1. The first-order valence-corrected chi connectivity index (χ1v) is 14.0. The summed E-state index contributed by atoms with van der Waals surface area (Å²) in [7, 11) is 0. The molecule has 6 nitrogen and oxygen atoms in total. The van der Waals surface area contributed by atoms with Gasteiger partial charge in [0.25, 0.3) is 6.43 Å². The van der Waals surface area contributed by atoms with Crippen molar-refractivity contribution in [1.29, 1.82) is 0 Å². The number of halogens is 2. The van der Waals surface area contributed by atoms with E-state index in [0.29, 0.717) is 23.5 Å². The van der Waals surface area contributed by atoms with E-state index >= 15 is 0 Å². The van der Waals surface area contributed by atoms with Gasteiger partial charge < -0.3 is 4.31 Å². The van der Waals surface area contributed by atoms with E-state index in [2.05, 4.69) is 74.3 Å². The molecule has 0 amide bonds. The maximum absolute atomic E-state index is 12.9. The Morgan fingerprint density at radius 1 is 1.08 bits per heavy atom. The SMILES string of the molecule is C.Cc1cccc(N(Cc2ccc(C3=NN=C(C(F)F)C3)cn2)SC2CCN(C3CN(C(C)C)C3)CC2)c1. The number of alkyl halides is 2. The van der Waals surface area contributed by atoms with Crippen LogP contribution in [-0.4, -0.2) is 76.1 Å². The Kier molecular flexibility index (Phi) is 9.54. The quantitative estimate of drug-likeness (QED) is 0.361. The minimum Gasteiger partial charge on any atom is -0.310 e. The molecule has 2 aromatic rings. The van der Waals surface area contributed by atoms with E-state index in [-0.39, 0.29) is 19.6 Å². The molecule has 0 aliphatic carbocycles. The van der Waals surface area contributed by atoms with Gasteiger partial charge in [-0.1, -0.05) is 19.6 Å². The van der Waals surface area contributed by atoms with E-state index < -0.39 is 6.43 Å². The third-order valence-electron chi connectivity index (χ3n) is 7.54. The molecular formula is C29H40F2N6S. The Hall–Kier alpha value is -2.36. The number of hydrogen-bond acceptors (Lipinski definition) is 7. The van der Waals surface area contributed by atoms with E-state index in [9.17, 15) is 8.78 Å². The number of anilines is 1. The topological polar surface area (TPSA) is 47.3 Å². The fourth-order valence-corrected chi connectivity index (χ4v) is 6.35. The highest BCUT2D eigenvalue weighted by Gasteiger charge is 2.35. The van der Waals surface area contributed by atoms with Gasteiger partial charge in [-0.2, -0.15) is 10.2 Å². The zero-order chi connectivity index (χ0) is 25.9. The number of rotatable bonds is 9. The van der Waals surface area contributed by atoms with Crippen LogP contribution in [0.4, 0.5) is 14.5 Å². The van der Waals surface area contributed by atoms with Gasteiger partial charge in [0.05, 0.1) is 18.0 Å². The summed E-state index contributed by atoms with van der Waals surface area (Å²) in [6.45, 7) is 12.1. The van der Waals surface area contributed by atoms with Gasteiger partial charge in [-0.3, -0.25) is 14.8 Å². The van der Waals surface area contributed by atoms with Crippen molar-refractivity contribution in [3.63, 3.8) is 0 Å². The van der Waals surface area contributed by atoms with Crippen LogP contribution >= 0.6 is 11.9 Å². The number of aromatic nitrogens is 1. The molecule has 206 valence electrons. The monoisotopic (exact) mass is 542 g/mol. The lowest BCUT2D eigenvalue weighted by Crippen LogP contribution is -2.62. The molecule has 0 atom stereocenters. The van der Waals surface area contributed by atoms with Crippen LogP contribution in [0, 0.1) is 6.92 Å². The molecule has 3 aliphatic heterocycles. The van der Waals surface area contributed by atoms with Crippen LogP contribution in [-0.2, 0) is 6.54 Å². The zero-order valence-electron chi connectivity index (χ0n) is 21.9. The minimum absolute atomic E-state index is 0. The van der Waals surface area contributed by atoms with Crippen LogP contribution in [0.15, 0.2) is 52.8 Å². The maximum Gasteiger partial charge on any atom is 0.278 e. The minimum atomic E-state index is -2.57. The van der Waals surface area contributed by atoms with Gasteiger partial charge in [-0.25, -0.2) is 8.78 Å². The first-order chi connectivity index (χ1) is 17.9. The molecule has 2 fully saturated rings. The standard InChI is InChI=1S/C28H36F2N6S.CH4/c1-19(2)35-17-24(18-35)34-11-9-25(10-12-34)37-36(23-6-4-5-20(3)13-23)16-22-8-7-21(15-31-22)26-14-27(28(29)30)33-32-26;/h4-8,13,15,19,24-25,28H,9-12,14,16-18H2,1-3H3;1H4. The van der Waals surface area contributed by atoms with Crippen molar-refractivity contribution in [3.05, 3.63) is 59.4 Å². The Morgan fingerprint density at radius 2 is 1.84 bits per heavy atom. The van der Waals surface area contributed by atoms with Gasteiger partial charge in [0, 0.05) is 54.3 Å². The normalized spacial score (nSPS) is 19.3. The summed E-state index contributed by atoms with van der Waals surface area (Å²) in [5.74, 6) is 0. The Balaban J connectivity index is 0.00000336. The lowest BCUT2D eigenvalue weighted by Gasteiger charge is -2.49. The molecular weight excluding hydrogens is 502 g/mol. The first-order valence-electron chi connectivity index (χ1n) is 13.2. The van der Waals surface area contributed by atoms with Gasteiger partial charge in [0.15, 0.2) is 0 Å². The van der Waals surface area contributed by atoms with Gasteiger partial charge in [-0.05, 0) is 88.5 Å². The number of piperidine rings is 1. The molecule has 0 saturated carbocycles. The molecule has 4 heterocycles. The molecule has 2 saturated heterocycles. The van der Waals surface area contributed by atoms with E-state index in [1.807, 2.05) is 24.1 Å². The van der Waals surface area contributed by atoms with Crippen LogP contribution in [0.3, 0.4) is 0 Å². The van der Waals surface area contributed by atoms with Crippen molar-refractivity contribution in [2.45, 2.75) is 77.8 Å². The van der Waals surface area contributed by atoms with Crippen molar-refractivity contribution < 1.29 is 8.78 Å². The van der Waals surface area contributed by atoms with E-state index in [0.717, 1.165) is 30.4 Å². The van der Waals surface area contributed by atoms with Crippen molar-refractivity contribution in [3.8, 4) is 0 Å². The summed E-state index contributed by atoms with van der Waals surface area (Å²) in [4.78, 5) is 9.89. The fraction of sp³-hybridized carbons (Fsp3) is 0.552. The molecule has 0 bridgehead atoms.